The van der Waals surface area contributed by atoms with Crippen molar-refractivity contribution in [2.45, 2.75) is 5.92 Å². The molecule has 0 aromatic heterocycles. The van der Waals surface area contributed by atoms with E-state index in [0.717, 1.165) is 18.9 Å². The molecule has 2 N–H and O–H groups in total. The Bertz CT molecular complexity index is 1220. The van der Waals surface area contributed by atoms with Crippen LogP contribution in [0, 0.1) is 23.1 Å². The molecule has 0 fully saturated rings. The fraction of sp³-hybridized carbons (Fsp3) is 0.208. The fourth-order valence-corrected chi connectivity index (χ4v) is 4.34. The Balaban J connectivity index is 1.90. The van der Waals surface area contributed by atoms with E-state index in [4.69, 9.17) is 4.74 Å². The van der Waals surface area contributed by atoms with E-state index in [-0.39, 0.29) is 21.9 Å². The quantitative estimate of drug-likeness (QED) is 0.441. The van der Waals surface area contributed by atoms with Crippen LogP contribution in [0.5, 0.6) is 0 Å². The minimum atomic E-state index is -1.35. The number of halogens is 1. The Morgan fingerprint density at radius 3 is 2.31 bits per heavy atom. The molecule has 1 heterocycles. The molecule has 2 amide bonds. The molecule has 0 saturated heterocycles. The third-order valence-electron chi connectivity index (χ3n) is 5.15. The van der Waals surface area contributed by atoms with Gasteiger partial charge in [-0.05, 0) is 42.0 Å². The number of nitriles is 1. The lowest BCUT2D eigenvalue weighted by atomic mass is 9.78. The molecule has 2 atom stereocenters. The minimum Gasteiger partial charge on any atom is -0.468 e. The molecule has 0 saturated carbocycles. The van der Waals surface area contributed by atoms with Crippen molar-refractivity contribution in [2.75, 3.05) is 25.3 Å². The highest BCUT2D eigenvalue weighted by Gasteiger charge is 2.44. The topological polar surface area (TPSA) is 135 Å². The molecule has 9 nitrogen and oxygen atoms in total. The second-order valence-corrected chi connectivity index (χ2v) is 8.27. The van der Waals surface area contributed by atoms with E-state index in [0.29, 0.717) is 11.3 Å². The summed E-state index contributed by atoms with van der Waals surface area (Å²) in [5, 5.41) is 15.2. The van der Waals surface area contributed by atoms with E-state index in [1.165, 1.54) is 55.6 Å². The Morgan fingerprint density at radius 1 is 1.09 bits per heavy atom. The Morgan fingerprint density at radius 2 is 1.74 bits per heavy atom. The molecule has 3 rings (SSSR count). The van der Waals surface area contributed by atoms with Crippen molar-refractivity contribution < 1.29 is 33.0 Å². The summed E-state index contributed by atoms with van der Waals surface area (Å²) >= 11 is 0.909. The summed E-state index contributed by atoms with van der Waals surface area (Å²) in [5.41, 5.74) is 1.12. The van der Waals surface area contributed by atoms with Gasteiger partial charge in [0.25, 0.3) is 0 Å². The lowest BCUT2D eigenvalue weighted by Gasteiger charge is -2.31. The predicted octanol–water partition coefficient (Wildman–Crippen LogP) is 2.72. The number of hydrogen-bond donors (Lipinski definition) is 2. The lowest BCUT2D eigenvalue weighted by Crippen LogP contribution is -2.44. The number of allylic oxidation sites excluding steroid dienone is 1. The number of rotatable bonds is 7. The summed E-state index contributed by atoms with van der Waals surface area (Å²) in [6.07, 6.45) is 0. The van der Waals surface area contributed by atoms with Gasteiger partial charge in [-0.1, -0.05) is 23.9 Å². The van der Waals surface area contributed by atoms with E-state index in [2.05, 4.69) is 15.4 Å². The number of carbonyl (C=O) groups is 4. The molecule has 0 spiro atoms. The van der Waals surface area contributed by atoms with Gasteiger partial charge in [-0.2, -0.15) is 5.26 Å². The number of anilines is 1. The van der Waals surface area contributed by atoms with E-state index in [1.54, 1.807) is 0 Å². The smallest absolute Gasteiger partial charge is 0.337 e. The number of carbonyl (C=O) groups excluding carboxylic acids is 4. The van der Waals surface area contributed by atoms with Crippen LogP contribution in [0.4, 0.5) is 10.1 Å². The van der Waals surface area contributed by atoms with Crippen LogP contribution in [-0.4, -0.2) is 43.7 Å². The summed E-state index contributed by atoms with van der Waals surface area (Å²) in [5.74, 6) is -5.52. The van der Waals surface area contributed by atoms with Gasteiger partial charge in [0.15, 0.2) is 0 Å². The summed E-state index contributed by atoms with van der Waals surface area (Å²) in [6, 6.07) is 13.2. The SMILES string of the molecule is COC(=O)c1ccc([C@@H]2C(C#N)=C(SCC(=O)Nc3ccc(F)cc3)NC(=O)[C@@H]2C(=O)OC)cc1. The third kappa shape index (κ3) is 5.85. The maximum absolute atomic E-state index is 13.1. The molecule has 0 aliphatic carbocycles. The van der Waals surface area contributed by atoms with Gasteiger partial charge in [-0.25, -0.2) is 9.18 Å². The molecule has 1 aliphatic heterocycles. The van der Waals surface area contributed by atoms with Crippen molar-refractivity contribution in [2.24, 2.45) is 5.92 Å². The average molecular weight is 498 g/mol. The van der Waals surface area contributed by atoms with Crippen molar-refractivity contribution in [1.82, 2.24) is 5.32 Å². The zero-order chi connectivity index (χ0) is 25.5. The van der Waals surface area contributed by atoms with Crippen LogP contribution in [0.25, 0.3) is 0 Å². The number of nitrogens with one attached hydrogen (secondary N) is 2. The molecule has 1 aliphatic rings. The van der Waals surface area contributed by atoms with Crippen molar-refractivity contribution >= 4 is 41.2 Å². The van der Waals surface area contributed by atoms with Crippen LogP contribution >= 0.6 is 11.8 Å². The second kappa shape index (κ2) is 11.3. The van der Waals surface area contributed by atoms with Crippen LogP contribution in [0.2, 0.25) is 0 Å². The number of hydrogen-bond acceptors (Lipinski definition) is 8. The molecule has 180 valence electrons. The van der Waals surface area contributed by atoms with Gasteiger partial charge >= 0.3 is 11.9 Å². The standard InChI is InChI=1S/C24H20FN3O6S/c1-33-23(31)14-5-3-13(4-6-14)19-17(11-26)22(28-21(30)20(19)24(32)34-2)35-12-18(29)27-16-9-7-15(25)8-10-16/h3-10,19-20H,12H2,1-2H3,(H,27,29)(H,28,30)/t19-,20-/m1/s1. The molecule has 0 radical (unpaired) electrons. The van der Waals surface area contributed by atoms with Gasteiger partial charge in [0.2, 0.25) is 11.8 Å². The number of methoxy groups -OCH3 is 2. The van der Waals surface area contributed by atoms with Gasteiger partial charge in [0.05, 0.1) is 42.2 Å². The van der Waals surface area contributed by atoms with Crippen LogP contribution < -0.4 is 10.6 Å². The van der Waals surface area contributed by atoms with Crippen molar-refractivity contribution in [1.29, 1.82) is 5.26 Å². The van der Waals surface area contributed by atoms with Crippen molar-refractivity contribution in [3.63, 3.8) is 0 Å². The maximum atomic E-state index is 13.1. The summed E-state index contributed by atoms with van der Waals surface area (Å²) < 4.78 is 22.5. The summed E-state index contributed by atoms with van der Waals surface area (Å²) in [4.78, 5) is 49.4. The molecule has 2 aromatic carbocycles. The summed E-state index contributed by atoms with van der Waals surface area (Å²) in [7, 11) is 2.37. The minimum absolute atomic E-state index is 0.0606. The molecule has 0 bridgehead atoms. The number of thioether (sulfide) groups is 1. The van der Waals surface area contributed by atoms with Crippen LogP contribution in [-0.2, 0) is 23.9 Å². The van der Waals surface area contributed by atoms with Gasteiger partial charge < -0.3 is 20.1 Å². The highest BCUT2D eigenvalue weighted by atomic mass is 32.2. The van der Waals surface area contributed by atoms with E-state index in [1.807, 2.05) is 6.07 Å². The van der Waals surface area contributed by atoms with E-state index < -0.39 is 41.4 Å². The van der Waals surface area contributed by atoms with Gasteiger partial charge in [-0.15, -0.1) is 0 Å². The molecule has 11 heteroatoms. The average Bonchev–Trinajstić information content (AvgIpc) is 2.87. The molecule has 0 unspecified atom stereocenters. The zero-order valence-electron chi connectivity index (χ0n) is 18.7. The number of ether oxygens (including phenoxy) is 2. The first kappa shape index (κ1) is 25.5. The zero-order valence-corrected chi connectivity index (χ0v) is 19.5. The monoisotopic (exact) mass is 497 g/mol. The number of esters is 2. The number of nitrogens with zero attached hydrogens (tertiary/aromatic N) is 1. The van der Waals surface area contributed by atoms with Crippen LogP contribution in [0.15, 0.2) is 59.1 Å². The van der Waals surface area contributed by atoms with Crippen molar-refractivity contribution in [3.05, 3.63) is 76.1 Å². The molecule has 2 aromatic rings. The first-order valence-corrected chi connectivity index (χ1v) is 11.2. The second-order valence-electron chi connectivity index (χ2n) is 7.28. The van der Waals surface area contributed by atoms with Gasteiger partial charge in [0.1, 0.15) is 11.7 Å². The molecular formula is C24H20FN3O6S. The number of benzene rings is 2. The lowest BCUT2D eigenvalue weighted by molar-refractivity contribution is -0.150. The normalized spacial score (nSPS) is 17.1. The van der Waals surface area contributed by atoms with Crippen LogP contribution in [0.1, 0.15) is 21.8 Å². The Kier molecular flexibility index (Phi) is 8.22. The third-order valence-corrected chi connectivity index (χ3v) is 6.17. The Hall–Kier alpha value is -4.17. The largest absolute Gasteiger partial charge is 0.468 e. The van der Waals surface area contributed by atoms with E-state index in [9.17, 15) is 28.8 Å². The van der Waals surface area contributed by atoms with Crippen LogP contribution in [0.3, 0.4) is 0 Å². The summed E-state index contributed by atoms with van der Waals surface area (Å²) in [6.45, 7) is 0. The first-order chi connectivity index (χ1) is 16.8. The first-order valence-electron chi connectivity index (χ1n) is 10.2. The molecule has 35 heavy (non-hydrogen) atoms. The highest BCUT2D eigenvalue weighted by molar-refractivity contribution is 8.03. The van der Waals surface area contributed by atoms with Gasteiger partial charge in [-0.3, -0.25) is 14.4 Å². The molecular weight excluding hydrogens is 477 g/mol. The fourth-order valence-electron chi connectivity index (χ4n) is 3.49. The maximum Gasteiger partial charge on any atom is 0.337 e. The van der Waals surface area contributed by atoms with E-state index >= 15 is 0 Å². The Labute approximate surface area is 204 Å². The van der Waals surface area contributed by atoms with Crippen molar-refractivity contribution in [3.8, 4) is 6.07 Å². The van der Waals surface area contributed by atoms with Gasteiger partial charge in [0, 0.05) is 11.6 Å². The number of amides is 2. The highest BCUT2D eigenvalue weighted by Crippen LogP contribution is 2.40. The predicted molar refractivity (Wildman–Crippen MR) is 124 cm³/mol.